The van der Waals surface area contributed by atoms with Crippen LogP contribution in [0.25, 0.3) is 66.6 Å². The Morgan fingerprint density at radius 3 is 1.41 bits per heavy atom. The molecule has 3 aromatic heterocycles. The lowest BCUT2D eigenvalue weighted by Gasteiger charge is -2.14. The van der Waals surface area contributed by atoms with Gasteiger partial charge in [0.15, 0.2) is 5.82 Å². The van der Waals surface area contributed by atoms with E-state index in [1.54, 1.807) is 0 Å². The molecule has 0 fully saturated rings. The van der Waals surface area contributed by atoms with Crippen LogP contribution in [0.2, 0.25) is 0 Å². The van der Waals surface area contributed by atoms with Crippen molar-refractivity contribution < 1.29 is 0 Å². The van der Waals surface area contributed by atoms with Crippen molar-refractivity contribution >= 4 is 43.6 Å². The van der Waals surface area contributed by atoms with Crippen LogP contribution in [0.1, 0.15) is 5.82 Å². The fraction of sp³-hybridized carbons (Fsp3) is 0.0294. The van der Waals surface area contributed by atoms with Crippen molar-refractivity contribution in [2.75, 3.05) is 0 Å². The van der Waals surface area contributed by atoms with Crippen LogP contribution in [-0.2, 0) is 0 Å². The van der Waals surface area contributed by atoms with E-state index in [0.717, 1.165) is 33.3 Å². The number of aromatic nitrogens is 5. The molecule has 0 saturated heterocycles. The molecule has 0 aliphatic heterocycles. The van der Waals surface area contributed by atoms with Gasteiger partial charge < -0.3 is 4.57 Å². The molecule has 8 rings (SSSR count). The van der Waals surface area contributed by atoms with Gasteiger partial charge in [0.1, 0.15) is 5.82 Å². The minimum absolute atomic E-state index is 0.618. The SMILES string of the molecule is Cc1nc(-c2ccccc2-n2c3ccccc3c3ccccc32)nc(-n2c3ccccc3c3ccccc32)n1. The van der Waals surface area contributed by atoms with Crippen LogP contribution < -0.4 is 0 Å². The van der Waals surface area contributed by atoms with Crippen LogP contribution in [0, 0.1) is 6.92 Å². The second-order valence-corrected chi connectivity index (χ2v) is 9.76. The molecule has 39 heavy (non-hydrogen) atoms. The molecule has 0 aliphatic rings. The van der Waals surface area contributed by atoms with Crippen LogP contribution >= 0.6 is 0 Å². The summed E-state index contributed by atoms with van der Waals surface area (Å²) in [6, 6.07) is 42.3. The molecule has 0 unspecified atom stereocenters. The first-order valence-electron chi connectivity index (χ1n) is 13.1. The van der Waals surface area contributed by atoms with Gasteiger partial charge in [-0.1, -0.05) is 84.9 Å². The minimum Gasteiger partial charge on any atom is -0.309 e. The first-order chi connectivity index (χ1) is 19.3. The summed E-state index contributed by atoms with van der Waals surface area (Å²) in [6.07, 6.45) is 0. The molecule has 5 aromatic carbocycles. The van der Waals surface area contributed by atoms with Gasteiger partial charge in [-0.15, -0.1) is 0 Å². The van der Waals surface area contributed by atoms with Crippen molar-refractivity contribution in [2.45, 2.75) is 6.92 Å². The molecule has 0 radical (unpaired) electrons. The Bertz CT molecular complexity index is 2100. The van der Waals surface area contributed by atoms with E-state index < -0.39 is 0 Å². The maximum Gasteiger partial charge on any atom is 0.238 e. The van der Waals surface area contributed by atoms with E-state index in [2.05, 4.69) is 124 Å². The second-order valence-electron chi connectivity index (χ2n) is 9.76. The first kappa shape index (κ1) is 21.8. The number of fused-ring (bicyclic) bond motifs is 6. The Labute approximate surface area is 224 Å². The van der Waals surface area contributed by atoms with Gasteiger partial charge in [-0.05, 0) is 43.3 Å². The summed E-state index contributed by atoms with van der Waals surface area (Å²) >= 11 is 0. The van der Waals surface area contributed by atoms with Gasteiger partial charge in [-0.2, -0.15) is 9.97 Å². The first-order valence-corrected chi connectivity index (χ1v) is 13.1. The highest BCUT2D eigenvalue weighted by Crippen LogP contribution is 2.36. The molecule has 0 bridgehead atoms. The Hall–Kier alpha value is -5.29. The molecular weight excluding hydrogens is 478 g/mol. The molecule has 0 atom stereocenters. The third kappa shape index (κ3) is 3.23. The molecule has 0 spiro atoms. The van der Waals surface area contributed by atoms with E-state index in [4.69, 9.17) is 15.0 Å². The zero-order chi connectivity index (χ0) is 25.9. The number of hydrogen-bond donors (Lipinski definition) is 0. The summed E-state index contributed by atoms with van der Waals surface area (Å²) in [7, 11) is 0. The standard InChI is InChI=1S/C34H23N5/c1-22-35-33(37-34(36-22)39-30-19-9-4-14-25(30)26-15-5-10-20-31(26)39)27-16-6-11-21-32(27)38-28-17-7-2-12-23(28)24-13-3-8-18-29(24)38/h2-21H,1H3. The zero-order valence-corrected chi connectivity index (χ0v) is 21.3. The van der Waals surface area contributed by atoms with Crippen LogP contribution in [0.15, 0.2) is 121 Å². The van der Waals surface area contributed by atoms with E-state index in [-0.39, 0.29) is 0 Å². The highest BCUT2D eigenvalue weighted by Gasteiger charge is 2.19. The van der Waals surface area contributed by atoms with Gasteiger partial charge in [0.05, 0.1) is 27.8 Å². The summed E-state index contributed by atoms with van der Waals surface area (Å²) in [5.41, 5.74) is 6.45. The largest absolute Gasteiger partial charge is 0.309 e. The third-order valence-corrected chi connectivity index (χ3v) is 7.48. The monoisotopic (exact) mass is 501 g/mol. The van der Waals surface area contributed by atoms with E-state index in [1.807, 2.05) is 13.0 Å². The number of hydrogen-bond acceptors (Lipinski definition) is 3. The van der Waals surface area contributed by atoms with Crippen molar-refractivity contribution in [1.29, 1.82) is 0 Å². The van der Waals surface area contributed by atoms with Gasteiger partial charge >= 0.3 is 0 Å². The maximum atomic E-state index is 5.10. The Morgan fingerprint density at radius 1 is 0.436 bits per heavy atom. The van der Waals surface area contributed by atoms with Crippen molar-refractivity contribution in [3.63, 3.8) is 0 Å². The third-order valence-electron chi connectivity index (χ3n) is 7.48. The van der Waals surface area contributed by atoms with E-state index in [1.165, 1.54) is 21.5 Å². The molecule has 0 amide bonds. The summed E-state index contributed by atoms with van der Waals surface area (Å²) in [4.78, 5) is 14.8. The quantitative estimate of drug-likeness (QED) is 0.246. The van der Waals surface area contributed by atoms with Crippen molar-refractivity contribution in [3.8, 4) is 23.0 Å². The molecule has 5 nitrogen and oxygen atoms in total. The molecule has 184 valence electrons. The zero-order valence-electron chi connectivity index (χ0n) is 21.3. The number of nitrogens with zero attached hydrogens (tertiary/aromatic N) is 5. The predicted octanol–water partition coefficient (Wildman–Crippen LogP) is 8.04. The summed E-state index contributed by atoms with van der Waals surface area (Å²) in [5, 5.41) is 4.80. The van der Waals surface area contributed by atoms with Crippen LogP contribution in [-0.4, -0.2) is 24.1 Å². The van der Waals surface area contributed by atoms with Crippen molar-refractivity contribution in [2.24, 2.45) is 0 Å². The Balaban J connectivity index is 1.41. The second kappa shape index (κ2) is 8.36. The molecule has 0 N–H and O–H groups in total. The van der Waals surface area contributed by atoms with E-state index in [0.29, 0.717) is 17.6 Å². The van der Waals surface area contributed by atoms with E-state index >= 15 is 0 Å². The summed E-state index contributed by atoms with van der Waals surface area (Å²) in [5.74, 6) is 1.94. The van der Waals surface area contributed by atoms with Gasteiger partial charge in [0.25, 0.3) is 0 Å². The maximum absolute atomic E-state index is 5.10. The highest BCUT2D eigenvalue weighted by atomic mass is 15.2. The Kier molecular flexibility index (Phi) is 4.67. The number of benzene rings is 5. The lowest BCUT2D eigenvalue weighted by Crippen LogP contribution is -2.07. The average molecular weight is 502 g/mol. The average Bonchev–Trinajstić information content (AvgIpc) is 3.50. The molecule has 0 saturated carbocycles. The molecule has 8 aromatic rings. The number of rotatable bonds is 3. The predicted molar refractivity (Wildman–Crippen MR) is 159 cm³/mol. The minimum atomic E-state index is 0.618. The molecular formula is C34H23N5. The molecule has 0 aliphatic carbocycles. The van der Waals surface area contributed by atoms with Gasteiger partial charge in [0, 0.05) is 27.1 Å². The van der Waals surface area contributed by atoms with Crippen LogP contribution in [0.5, 0.6) is 0 Å². The highest BCUT2D eigenvalue weighted by molar-refractivity contribution is 6.10. The molecule has 5 heteroatoms. The topological polar surface area (TPSA) is 48.5 Å². The fourth-order valence-corrected chi connectivity index (χ4v) is 5.87. The summed E-state index contributed by atoms with van der Waals surface area (Å²) in [6.45, 7) is 1.94. The van der Waals surface area contributed by atoms with Crippen molar-refractivity contribution in [3.05, 3.63) is 127 Å². The number of para-hydroxylation sites is 5. The van der Waals surface area contributed by atoms with Gasteiger partial charge in [-0.3, -0.25) is 4.57 Å². The molecule has 3 heterocycles. The van der Waals surface area contributed by atoms with E-state index in [9.17, 15) is 0 Å². The Morgan fingerprint density at radius 2 is 0.872 bits per heavy atom. The fourth-order valence-electron chi connectivity index (χ4n) is 5.87. The smallest absolute Gasteiger partial charge is 0.238 e. The lowest BCUT2D eigenvalue weighted by atomic mass is 10.1. The van der Waals surface area contributed by atoms with Crippen LogP contribution in [0.4, 0.5) is 0 Å². The summed E-state index contributed by atoms with van der Waals surface area (Å²) < 4.78 is 4.46. The lowest BCUT2D eigenvalue weighted by molar-refractivity contribution is 0.906. The van der Waals surface area contributed by atoms with Crippen LogP contribution in [0.3, 0.4) is 0 Å². The normalized spacial score (nSPS) is 11.7. The van der Waals surface area contributed by atoms with Crippen molar-refractivity contribution in [1.82, 2.24) is 24.1 Å². The van der Waals surface area contributed by atoms with Gasteiger partial charge in [-0.25, -0.2) is 4.98 Å². The van der Waals surface area contributed by atoms with Gasteiger partial charge in [0.2, 0.25) is 5.95 Å². The number of aryl methyl sites for hydroxylation is 1.